The Bertz CT molecular complexity index is 1530. The fourth-order valence-electron chi connectivity index (χ4n) is 6.74. The zero-order chi connectivity index (χ0) is 43.5. The minimum absolute atomic E-state index is 0.192. The lowest BCUT2D eigenvalue weighted by atomic mass is 9.89. The summed E-state index contributed by atoms with van der Waals surface area (Å²) in [5, 5.41) is 8.47. The monoisotopic (exact) mass is 811 g/mol. The average molecular weight is 811 g/mol. The van der Waals surface area contributed by atoms with Crippen molar-refractivity contribution < 1.29 is 38.2 Å². The predicted octanol–water partition coefficient (Wildman–Crippen LogP) is 8.67. The van der Waals surface area contributed by atoms with E-state index in [0.29, 0.717) is 18.8 Å². The molecular formula is C46H74N4O8. The van der Waals surface area contributed by atoms with Gasteiger partial charge in [0.25, 0.3) is 0 Å². The molecule has 1 aliphatic rings. The second-order valence-corrected chi connectivity index (χ2v) is 17.6. The molecule has 326 valence electrons. The van der Waals surface area contributed by atoms with Gasteiger partial charge in [0.1, 0.15) is 17.7 Å². The van der Waals surface area contributed by atoms with Crippen molar-refractivity contribution in [3.8, 4) is 0 Å². The number of carbonyl (C=O) groups is 5. The summed E-state index contributed by atoms with van der Waals surface area (Å²) in [5.41, 5.74) is 1.89. The Morgan fingerprint density at radius 2 is 1.55 bits per heavy atom. The minimum Gasteiger partial charge on any atom is -0.467 e. The molecule has 1 aromatic carbocycles. The van der Waals surface area contributed by atoms with E-state index < -0.39 is 59.3 Å². The number of nitrogens with zero attached hydrogens (tertiary/aromatic N) is 1. The Hall–Kier alpha value is -4.19. The zero-order valence-electron chi connectivity index (χ0n) is 37.3. The van der Waals surface area contributed by atoms with Gasteiger partial charge in [-0.3, -0.25) is 9.59 Å². The molecular weight excluding hydrogens is 737 g/mol. The molecule has 1 aliphatic carbocycles. The second kappa shape index (κ2) is 24.7. The van der Waals surface area contributed by atoms with E-state index in [9.17, 15) is 24.0 Å². The number of urea groups is 1. The van der Waals surface area contributed by atoms with Crippen molar-refractivity contribution in [1.29, 1.82) is 0 Å². The fourth-order valence-corrected chi connectivity index (χ4v) is 6.74. The number of nitrogens with one attached hydrogen (secondary N) is 3. The van der Waals surface area contributed by atoms with Crippen LogP contribution in [0.25, 0.3) is 5.57 Å². The van der Waals surface area contributed by atoms with Crippen molar-refractivity contribution in [1.82, 2.24) is 20.9 Å². The largest absolute Gasteiger partial charge is 0.467 e. The highest BCUT2D eigenvalue weighted by Crippen LogP contribution is 2.27. The van der Waals surface area contributed by atoms with Gasteiger partial charge in [-0.1, -0.05) is 95.4 Å². The van der Waals surface area contributed by atoms with Crippen LogP contribution in [0.1, 0.15) is 145 Å². The molecule has 3 N–H and O–H groups in total. The quantitative estimate of drug-likeness (QED) is 0.0734. The molecule has 1 aromatic rings. The fraction of sp³-hybridized carbons (Fsp3) is 0.674. The number of ketones is 1. The van der Waals surface area contributed by atoms with Gasteiger partial charge < -0.3 is 35.1 Å². The number of amides is 4. The molecule has 12 nitrogen and oxygen atoms in total. The van der Waals surface area contributed by atoms with Gasteiger partial charge in [-0.15, -0.1) is 0 Å². The van der Waals surface area contributed by atoms with E-state index in [2.05, 4.69) is 60.2 Å². The zero-order valence-corrected chi connectivity index (χ0v) is 37.3. The van der Waals surface area contributed by atoms with Gasteiger partial charge in [-0.05, 0) is 96.8 Å². The molecule has 0 spiro atoms. The molecule has 0 saturated carbocycles. The number of unbranched alkanes of at least 4 members (excludes halogenated alkanes) is 3. The van der Waals surface area contributed by atoms with E-state index in [4.69, 9.17) is 14.2 Å². The first-order valence-corrected chi connectivity index (χ1v) is 21.4. The van der Waals surface area contributed by atoms with Crippen molar-refractivity contribution in [2.75, 3.05) is 20.2 Å². The first kappa shape index (κ1) is 50.0. The number of benzene rings is 1. The van der Waals surface area contributed by atoms with Gasteiger partial charge in [0.15, 0.2) is 5.78 Å². The molecule has 0 aromatic heterocycles. The van der Waals surface area contributed by atoms with E-state index in [1.165, 1.54) is 31.9 Å². The number of allylic oxidation sites excluding steroid dienone is 4. The third-order valence-electron chi connectivity index (χ3n) is 9.83. The molecule has 0 aliphatic heterocycles. The molecule has 58 heavy (non-hydrogen) atoms. The summed E-state index contributed by atoms with van der Waals surface area (Å²) in [6, 6.07) is 5.74. The van der Waals surface area contributed by atoms with Gasteiger partial charge in [-0.25, -0.2) is 14.4 Å². The Morgan fingerprint density at radius 3 is 2.12 bits per heavy atom. The summed E-state index contributed by atoms with van der Waals surface area (Å²) in [7, 11) is 1.28. The standard InChI is InChI=1S/C46H74N4O8/c1-12-14-16-19-38(42(53)56-11)48-41(52)32(3)30-39(51)40(33(4)57-45(5,6)7)49-43(54)50(29-17-28-47-44(55)58-46(8,9)10)31-35-22-26-37(27-23-35)36-24-20-34(21-25-36)18-15-13-2/h20,22-27,32-34,38,40H,12-19,21,28-31H2,1-11H3,(H,47,55)(H,48,52)(H,49,54)/t32-,33-,34?,38+,40+/m1/s1. The molecule has 4 amide bonds. The van der Waals surface area contributed by atoms with Crippen LogP contribution in [0.15, 0.2) is 42.5 Å². The SMILES string of the molecule is CCCCC[C@H](NC(=O)[C@H](C)CC(=O)[C@@H](NC(=O)N(CCCNC(=O)OC(C)(C)C)Cc1ccc(C2=CCC(CCCC)C=C2)cc1)[C@@H](C)OC(C)(C)C)C(=O)OC. The van der Waals surface area contributed by atoms with Crippen LogP contribution >= 0.6 is 0 Å². The summed E-state index contributed by atoms with van der Waals surface area (Å²) >= 11 is 0. The van der Waals surface area contributed by atoms with Gasteiger partial charge in [0, 0.05) is 32.0 Å². The maximum absolute atomic E-state index is 14.2. The Morgan fingerprint density at radius 1 is 0.879 bits per heavy atom. The Kier molecular flexibility index (Phi) is 21.2. The van der Waals surface area contributed by atoms with E-state index >= 15 is 0 Å². The van der Waals surface area contributed by atoms with Gasteiger partial charge in [-0.2, -0.15) is 0 Å². The van der Waals surface area contributed by atoms with Crippen molar-refractivity contribution in [3.05, 3.63) is 53.6 Å². The predicted molar refractivity (Wildman–Crippen MR) is 230 cm³/mol. The van der Waals surface area contributed by atoms with Gasteiger partial charge in [0.2, 0.25) is 5.91 Å². The van der Waals surface area contributed by atoms with Crippen LogP contribution in [0.4, 0.5) is 9.59 Å². The number of Topliss-reactive ketones (excluding diaryl/α,β-unsaturated/α-hetero) is 1. The number of methoxy groups -OCH3 is 1. The topological polar surface area (TPSA) is 152 Å². The molecule has 0 fully saturated rings. The second-order valence-electron chi connectivity index (χ2n) is 17.6. The highest BCUT2D eigenvalue weighted by molar-refractivity contribution is 5.93. The normalized spacial score (nSPS) is 16.3. The third kappa shape index (κ3) is 19.0. The van der Waals surface area contributed by atoms with Crippen molar-refractivity contribution in [3.63, 3.8) is 0 Å². The van der Waals surface area contributed by atoms with E-state index in [1.54, 1.807) is 39.5 Å². The molecule has 5 atom stereocenters. The van der Waals surface area contributed by atoms with Crippen LogP contribution in [-0.2, 0) is 35.1 Å². The highest BCUT2D eigenvalue weighted by Gasteiger charge is 2.34. The van der Waals surface area contributed by atoms with Crippen molar-refractivity contribution in [2.24, 2.45) is 11.8 Å². The Balaban J connectivity index is 2.29. The number of carbonyl (C=O) groups excluding carboxylic acids is 5. The molecule has 1 unspecified atom stereocenters. The van der Waals surface area contributed by atoms with E-state index in [-0.39, 0.29) is 31.8 Å². The number of ether oxygens (including phenoxy) is 3. The number of hydrogen-bond donors (Lipinski definition) is 3. The highest BCUT2D eigenvalue weighted by atomic mass is 16.6. The lowest BCUT2D eigenvalue weighted by molar-refractivity contribution is -0.146. The Labute approximate surface area is 348 Å². The van der Waals surface area contributed by atoms with Crippen molar-refractivity contribution in [2.45, 2.75) is 169 Å². The summed E-state index contributed by atoms with van der Waals surface area (Å²) in [6.07, 6.45) is 13.4. The summed E-state index contributed by atoms with van der Waals surface area (Å²) in [6.45, 7) is 19.4. The van der Waals surface area contributed by atoms with Gasteiger partial charge in [0.05, 0.1) is 18.8 Å². The number of esters is 1. The molecule has 12 heteroatoms. The summed E-state index contributed by atoms with van der Waals surface area (Å²) < 4.78 is 16.5. The van der Waals surface area contributed by atoms with Crippen LogP contribution < -0.4 is 16.0 Å². The number of alkyl carbamates (subject to hydrolysis) is 1. The average Bonchev–Trinajstić information content (AvgIpc) is 3.15. The van der Waals surface area contributed by atoms with Crippen LogP contribution in [-0.4, -0.2) is 84.3 Å². The lowest BCUT2D eigenvalue weighted by Gasteiger charge is -2.33. The van der Waals surface area contributed by atoms with E-state index in [0.717, 1.165) is 36.8 Å². The molecule has 0 heterocycles. The smallest absolute Gasteiger partial charge is 0.407 e. The third-order valence-corrected chi connectivity index (χ3v) is 9.83. The maximum atomic E-state index is 14.2. The summed E-state index contributed by atoms with van der Waals surface area (Å²) in [4.78, 5) is 67.9. The number of hydrogen-bond acceptors (Lipinski definition) is 8. The van der Waals surface area contributed by atoms with Crippen LogP contribution in [0.2, 0.25) is 0 Å². The van der Waals surface area contributed by atoms with Crippen molar-refractivity contribution >= 4 is 35.4 Å². The van der Waals surface area contributed by atoms with Crippen LogP contribution in [0.3, 0.4) is 0 Å². The lowest BCUT2D eigenvalue weighted by Crippen LogP contribution is -2.54. The van der Waals surface area contributed by atoms with Crippen LogP contribution in [0.5, 0.6) is 0 Å². The first-order chi connectivity index (χ1) is 27.3. The molecule has 0 saturated heterocycles. The van der Waals surface area contributed by atoms with Gasteiger partial charge >= 0.3 is 18.1 Å². The molecule has 2 rings (SSSR count). The minimum atomic E-state index is -1.08. The van der Waals surface area contributed by atoms with E-state index in [1.807, 2.05) is 32.9 Å². The summed E-state index contributed by atoms with van der Waals surface area (Å²) in [5.74, 6) is -1.58. The molecule has 0 bridgehead atoms. The molecule has 0 radical (unpaired) electrons. The van der Waals surface area contributed by atoms with Crippen LogP contribution in [0, 0.1) is 11.8 Å². The first-order valence-electron chi connectivity index (χ1n) is 21.4. The number of rotatable bonds is 23. The maximum Gasteiger partial charge on any atom is 0.407 e.